The van der Waals surface area contributed by atoms with Gasteiger partial charge in [-0.25, -0.2) is 0 Å². The Morgan fingerprint density at radius 1 is 1.30 bits per heavy atom. The molecule has 0 aliphatic carbocycles. The van der Waals surface area contributed by atoms with Crippen LogP contribution in [0.15, 0.2) is 24.3 Å². The first-order valence-electron chi connectivity index (χ1n) is 7.62. The summed E-state index contributed by atoms with van der Waals surface area (Å²) in [6.07, 6.45) is 1.46. The summed E-state index contributed by atoms with van der Waals surface area (Å²) in [5.41, 5.74) is 2.66. The zero-order valence-corrected chi connectivity index (χ0v) is 13.4. The molecule has 0 radical (unpaired) electrons. The molecule has 2 rings (SSSR count). The Kier molecular flexibility index (Phi) is 5.19. The molecule has 1 saturated heterocycles. The molecule has 1 aliphatic heterocycles. The molecule has 3 nitrogen and oxygen atoms in total. The van der Waals surface area contributed by atoms with Crippen molar-refractivity contribution in [1.82, 2.24) is 10.2 Å². The minimum atomic E-state index is 0.331. The lowest BCUT2D eigenvalue weighted by atomic mass is 9.96. The van der Waals surface area contributed by atoms with Crippen molar-refractivity contribution in [3.63, 3.8) is 0 Å². The van der Waals surface area contributed by atoms with Gasteiger partial charge in [-0.05, 0) is 46.9 Å². The Balaban J connectivity index is 2.12. The molecule has 4 atom stereocenters. The van der Waals surface area contributed by atoms with E-state index in [1.807, 2.05) is 7.05 Å². The third-order valence-electron chi connectivity index (χ3n) is 4.73. The van der Waals surface area contributed by atoms with Gasteiger partial charge < -0.3 is 10.1 Å². The summed E-state index contributed by atoms with van der Waals surface area (Å²) in [5, 5.41) is 3.47. The van der Waals surface area contributed by atoms with Crippen LogP contribution in [0.1, 0.15) is 37.4 Å². The van der Waals surface area contributed by atoms with Crippen LogP contribution in [0, 0.1) is 6.92 Å². The summed E-state index contributed by atoms with van der Waals surface area (Å²) in [4.78, 5) is 2.47. The van der Waals surface area contributed by atoms with Gasteiger partial charge in [-0.1, -0.05) is 29.8 Å². The zero-order chi connectivity index (χ0) is 14.7. The molecule has 1 fully saturated rings. The third kappa shape index (κ3) is 3.22. The molecule has 0 saturated carbocycles. The molecule has 1 heterocycles. The molecular formula is C17H28N2O. The van der Waals surface area contributed by atoms with E-state index in [1.165, 1.54) is 11.1 Å². The summed E-state index contributed by atoms with van der Waals surface area (Å²) in [7, 11) is 4.27. The maximum absolute atomic E-state index is 5.71. The molecule has 4 unspecified atom stereocenters. The molecule has 0 spiro atoms. The second-order valence-electron chi connectivity index (χ2n) is 6.02. The first-order chi connectivity index (χ1) is 9.54. The maximum Gasteiger partial charge on any atom is 0.0703 e. The van der Waals surface area contributed by atoms with Crippen molar-refractivity contribution in [2.45, 2.75) is 51.4 Å². The number of aryl methyl sites for hydroxylation is 1. The second kappa shape index (κ2) is 6.70. The normalized spacial score (nSPS) is 25.9. The van der Waals surface area contributed by atoms with Crippen molar-refractivity contribution >= 4 is 0 Å². The van der Waals surface area contributed by atoms with Crippen molar-refractivity contribution in [3.8, 4) is 0 Å². The molecule has 1 aromatic carbocycles. The molecule has 112 valence electrons. The number of nitrogens with one attached hydrogen (secondary N) is 1. The number of benzene rings is 1. The number of nitrogens with zero attached hydrogens (tertiary/aromatic N) is 1. The van der Waals surface area contributed by atoms with Gasteiger partial charge in [-0.2, -0.15) is 0 Å². The van der Waals surface area contributed by atoms with Crippen LogP contribution in [-0.4, -0.2) is 43.8 Å². The summed E-state index contributed by atoms with van der Waals surface area (Å²) < 4.78 is 5.71. The topological polar surface area (TPSA) is 24.5 Å². The quantitative estimate of drug-likeness (QED) is 0.895. The predicted molar refractivity (Wildman–Crippen MR) is 84.0 cm³/mol. The van der Waals surface area contributed by atoms with Gasteiger partial charge in [0.05, 0.1) is 6.10 Å². The van der Waals surface area contributed by atoms with E-state index < -0.39 is 0 Å². The highest BCUT2D eigenvalue weighted by molar-refractivity contribution is 5.25. The Labute approximate surface area is 123 Å². The van der Waals surface area contributed by atoms with Crippen LogP contribution in [0.4, 0.5) is 0 Å². The van der Waals surface area contributed by atoms with Crippen molar-refractivity contribution in [2.75, 3.05) is 20.7 Å². The van der Waals surface area contributed by atoms with Crippen LogP contribution in [0.5, 0.6) is 0 Å². The third-order valence-corrected chi connectivity index (χ3v) is 4.73. The maximum atomic E-state index is 5.71. The fourth-order valence-electron chi connectivity index (χ4n) is 3.25. The molecule has 1 N–H and O–H groups in total. The lowest BCUT2D eigenvalue weighted by Gasteiger charge is -2.37. The number of hydrogen-bond acceptors (Lipinski definition) is 3. The van der Waals surface area contributed by atoms with E-state index >= 15 is 0 Å². The van der Waals surface area contributed by atoms with Gasteiger partial charge in [0, 0.05) is 24.7 Å². The Morgan fingerprint density at radius 3 is 2.45 bits per heavy atom. The van der Waals surface area contributed by atoms with E-state index in [2.05, 4.69) is 62.3 Å². The molecular weight excluding hydrogens is 248 g/mol. The molecule has 1 aliphatic rings. The van der Waals surface area contributed by atoms with E-state index in [9.17, 15) is 0 Å². The number of ether oxygens (including phenoxy) is 1. The highest BCUT2D eigenvalue weighted by Crippen LogP contribution is 2.26. The highest BCUT2D eigenvalue weighted by Gasteiger charge is 2.33. The largest absolute Gasteiger partial charge is 0.377 e. The Morgan fingerprint density at radius 2 is 1.95 bits per heavy atom. The van der Waals surface area contributed by atoms with Gasteiger partial charge in [-0.3, -0.25) is 4.90 Å². The number of rotatable bonds is 5. The highest BCUT2D eigenvalue weighted by atomic mass is 16.5. The summed E-state index contributed by atoms with van der Waals surface area (Å²) in [5.74, 6) is 0. The minimum Gasteiger partial charge on any atom is -0.377 e. The van der Waals surface area contributed by atoms with Gasteiger partial charge >= 0.3 is 0 Å². The molecule has 1 aromatic rings. The SMILES string of the molecule is CNC(c1ccc(C)cc1)C(C)N(C)C1CCOC1C. The van der Waals surface area contributed by atoms with Crippen LogP contribution in [0.3, 0.4) is 0 Å². The van der Waals surface area contributed by atoms with Gasteiger partial charge in [0.2, 0.25) is 0 Å². The van der Waals surface area contributed by atoms with Gasteiger partial charge in [0.1, 0.15) is 0 Å². The number of likely N-dealkylation sites (N-methyl/N-ethyl adjacent to an activating group) is 2. The van der Waals surface area contributed by atoms with Crippen molar-refractivity contribution < 1.29 is 4.74 Å². The molecule has 0 bridgehead atoms. The van der Waals surface area contributed by atoms with Crippen LogP contribution >= 0.6 is 0 Å². The Hall–Kier alpha value is -0.900. The average molecular weight is 276 g/mol. The smallest absolute Gasteiger partial charge is 0.0703 e. The van der Waals surface area contributed by atoms with E-state index in [0.717, 1.165) is 13.0 Å². The molecule has 0 aromatic heterocycles. The van der Waals surface area contributed by atoms with Crippen LogP contribution < -0.4 is 5.32 Å². The molecule has 20 heavy (non-hydrogen) atoms. The minimum absolute atomic E-state index is 0.331. The first-order valence-corrected chi connectivity index (χ1v) is 7.62. The number of hydrogen-bond donors (Lipinski definition) is 1. The lowest BCUT2D eigenvalue weighted by Crippen LogP contribution is -2.47. The first kappa shape index (κ1) is 15.5. The standard InChI is InChI=1S/C17H28N2O/c1-12-6-8-15(9-7-12)17(18-4)13(2)19(5)16-10-11-20-14(16)3/h6-9,13-14,16-18H,10-11H2,1-5H3. The van der Waals surface area contributed by atoms with Gasteiger partial charge in [0.15, 0.2) is 0 Å². The fraction of sp³-hybridized carbons (Fsp3) is 0.647. The molecule has 3 heteroatoms. The summed E-state index contributed by atoms with van der Waals surface area (Å²) in [6.45, 7) is 7.50. The van der Waals surface area contributed by atoms with E-state index in [-0.39, 0.29) is 0 Å². The van der Waals surface area contributed by atoms with Gasteiger partial charge in [-0.15, -0.1) is 0 Å². The average Bonchev–Trinajstić information content (AvgIpc) is 2.87. The van der Waals surface area contributed by atoms with Crippen LogP contribution in [0.2, 0.25) is 0 Å². The fourth-order valence-corrected chi connectivity index (χ4v) is 3.25. The van der Waals surface area contributed by atoms with Crippen molar-refractivity contribution in [2.24, 2.45) is 0 Å². The van der Waals surface area contributed by atoms with Gasteiger partial charge in [0.25, 0.3) is 0 Å². The van der Waals surface area contributed by atoms with E-state index in [4.69, 9.17) is 4.74 Å². The summed E-state index contributed by atoms with van der Waals surface area (Å²) >= 11 is 0. The summed E-state index contributed by atoms with van der Waals surface area (Å²) in [6, 6.07) is 10.1. The second-order valence-corrected chi connectivity index (χ2v) is 6.02. The van der Waals surface area contributed by atoms with Crippen LogP contribution in [-0.2, 0) is 4.74 Å². The zero-order valence-electron chi connectivity index (χ0n) is 13.4. The van der Waals surface area contributed by atoms with Crippen molar-refractivity contribution in [1.29, 1.82) is 0 Å². The molecule has 0 amide bonds. The van der Waals surface area contributed by atoms with Crippen LogP contribution in [0.25, 0.3) is 0 Å². The Bertz CT molecular complexity index is 418. The lowest BCUT2D eigenvalue weighted by molar-refractivity contribution is 0.0629. The monoisotopic (exact) mass is 276 g/mol. The van der Waals surface area contributed by atoms with E-state index in [1.54, 1.807) is 0 Å². The predicted octanol–water partition coefficient (Wildman–Crippen LogP) is 2.75. The van der Waals surface area contributed by atoms with E-state index in [0.29, 0.717) is 24.2 Å². The van der Waals surface area contributed by atoms with Crippen molar-refractivity contribution in [3.05, 3.63) is 35.4 Å².